The SMILES string of the molecule is CCNc1ncnc(NCC(=O)N(CC)CC)c1[N+](=O)[O-]. The van der Waals surface area contributed by atoms with Crippen LogP contribution < -0.4 is 10.6 Å². The van der Waals surface area contributed by atoms with Gasteiger partial charge in [-0.2, -0.15) is 0 Å². The van der Waals surface area contributed by atoms with Gasteiger partial charge in [-0.15, -0.1) is 0 Å². The van der Waals surface area contributed by atoms with E-state index in [2.05, 4.69) is 20.6 Å². The Morgan fingerprint density at radius 1 is 1.24 bits per heavy atom. The van der Waals surface area contributed by atoms with Crippen molar-refractivity contribution >= 4 is 23.2 Å². The molecule has 116 valence electrons. The molecule has 1 heterocycles. The highest BCUT2D eigenvalue weighted by molar-refractivity contribution is 5.82. The molecule has 0 unspecified atom stereocenters. The Balaban J connectivity index is 2.90. The van der Waals surface area contributed by atoms with Crippen molar-refractivity contribution in [2.75, 3.05) is 36.8 Å². The molecular weight excluding hydrogens is 276 g/mol. The molecule has 0 radical (unpaired) electrons. The van der Waals surface area contributed by atoms with Crippen LogP contribution in [-0.4, -0.2) is 51.9 Å². The third-order valence-electron chi connectivity index (χ3n) is 2.87. The van der Waals surface area contributed by atoms with E-state index in [1.807, 2.05) is 20.8 Å². The first-order chi connectivity index (χ1) is 10.0. The largest absolute Gasteiger partial charge is 0.364 e. The summed E-state index contributed by atoms with van der Waals surface area (Å²) < 4.78 is 0. The van der Waals surface area contributed by atoms with Crippen molar-refractivity contribution in [3.8, 4) is 0 Å². The summed E-state index contributed by atoms with van der Waals surface area (Å²) in [5.41, 5.74) is -0.258. The molecule has 0 saturated heterocycles. The number of likely N-dealkylation sites (N-methyl/N-ethyl adjacent to an activating group) is 1. The topological polar surface area (TPSA) is 113 Å². The predicted molar refractivity (Wildman–Crippen MR) is 79.3 cm³/mol. The first kappa shape index (κ1) is 16.6. The minimum Gasteiger partial charge on any atom is -0.364 e. The minimum atomic E-state index is -0.567. The Bertz CT molecular complexity index is 504. The van der Waals surface area contributed by atoms with E-state index in [1.54, 1.807) is 4.90 Å². The molecule has 0 aromatic carbocycles. The second-order valence-corrected chi connectivity index (χ2v) is 4.13. The number of carbonyl (C=O) groups is 1. The van der Waals surface area contributed by atoms with Gasteiger partial charge in [-0.25, -0.2) is 9.97 Å². The van der Waals surface area contributed by atoms with Gasteiger partial charge in [-0.3, -0.25) is 14.9 Å². The van der Waals surface area contributed by atoms with Crippen LogP contribution in [0.15, 0.2) is 6.33 Å². The van der Waals surface area contributed by atoms with Crippen molar-refractivity contribution in [3.63, 3.8) is 0 Å². The van der Waals surface area contributed by atoms with Crippen molar-refractivity contribution in [3.05, 3.63) is 16.4 Å². The summed E-state index contributed by atoms with van der Waals surface area (Å²) in [7, 11) is 0. The number of amides is 1. The highest BCUT2D eigenvalue weighted by Crippen LogP contribution is 2.28. The molecule has 0 aliphatic heterocycles. The maximum absolute atomic E-state index is 11.9. The molecule has 9 heteroatoms. The Kier molecular flexibility index (Phi) is 6.31. The van der Waals surface area contributed by atoms with E-state index in [0.717, 1.165) is 0 Å². The zero-order valence-electron chi connectivity index (χ0n) is 12.4. The molecule has 1 amide bonds. The van der Waals surface area contributed by atoms with Crippen LogP contribution in [0.1, 0.15) is 20.8 Å². The van der Waals surface area contributed by atoms with Crippen LogP contribution in [-0.2, 0) is 4.79 Å². The van der Waals surface area contributed by atoms with Gasteiger partial charge in [0.25, 0.3) is 0 Å². The van der Waals surface area contributed by atoms with Gasteiger partial charge in [0.05, 0.1) is 11.5 Å². The van der Waals surface area contributed by atoms with Gasteiger partial charge in [0.15, 0.2) is 0 Å². The molecule has 1 aromatic rings. The first-order valence-corrected chi connectivity index (χ1v) is 6.79. The van der Waals surface area contributed by atoms with E-state index in [0.29, 0.717) is 19.6 Å². The van der Waals surface area contributed by atoms with Crippen molar-refractivity contribution in [2.24, 2.45) is 0 Å². The standard InChI is InChI=1S/C12H20N6O3/c1-4-13-11-10(18(20)21)12(16-8-15-11)14-7-9(19)17(5-2)6-3/h8H,4-7H2,1-3H3,(H2,13,14,15,16). The molecular formula is C12H20N6O3. The van der Waals surface area contributed by atoms with E-state index in [4.69, 9.17) is 0 Å². The van der Waals surface area contributed by atoms with Crippen molar-refractivity contribution in [2.45, 2.75) is 20.8 Å². The van der Waals surface area contributed by atoms with Crippen LogP contribution in [0.4, 0.5) is 17.3 Å². The zero-order valence-corrected chi connectivity index (χ0v) is 12.4. The van der Waals surface area contributed by atoms with Gasteiger partial charge in [-0.1, -0.05) is 0 Å². The summed E-state index contributed by atoms with van der Waals surface area (Å²) in [5.74, 6) is 0.0275. The fraction of sp³-hybridized carbons (Fsp3) is 0.583. The highest BCUT2D eigenvalue weighted by atomic mass is 16.6. The van der Waals surface area contributed by atoms with Crippen LogP contribution in [0, 0.1) is 10.1 Å². The molecule has 0 bridgehead atoms. The van der Waals surface area contributed by atoms with Crippen molar-refractivity contribution < 1.29 is 9.72 Å². The quantitative estimate of drug-likeness (QED) is 0.545. The lowest BCUT2D eigenvalue weighted by atomic mass is 10.4. The van der Waals surface area contributed by atoms with Crippen LogP contribution in [0.25, 0.3) is 0 Å². The number of nitrogens with one attached hydrogen (secondary N) is 2. The molecule has 1 rings (SSSR count). The Labute approximate surface area is 122 Å². The average molecular weight is 296 g/mol. The van der Waals surface area contributed by atoms with E-state index in [-0.39, 0.29) is 29.8 Å². The fourth-order valence-corrected chi connectivity index (χ4v) is 1.83. The second kappa shape index (κ2) is 7.98. The number of hydrogen-bond donors (Lipinski definition) is 2. The number of hydrogen-bond acceptors (Lipinski definition) is 7. The average Bonchev–Trinajstić information content (AvgIpc) is 2.46. The van der Waals surface area contributed by atoms with Gasteiger partial charge >= 0.3 is 5.69 Å². The van der Waals surface area contributed by atoms with E-state index in [9.17, 15) is 14.9 Å². The zero-order chi connectivity index (χ0) is 15.8. The van der Waals surface area contributed by atoms with Gasteiger partial charge in [0.2, 0.25) is 17.5 Å². The number of nitro groups is 1. The second-order valence-electron chi connectivity index (χ2n) is 4.13. The summed E-state index contributed by atoms with van der Waals surface area (Å²) in [6.45, 7) is 7.18. The number of rotatable bonds is 8. The summed E-state index contributed by atoms with van der Waals surface area (Å²) >= 11 is 0. The maximum atomic E-state index is 11.9. The first-order valence-electron chi connectivity index (χ1n) is 6.79. The van der Waals surface area contributed by atoms with Crippen molar-refractivity contribution in [1.82, 2.24) is 14.9 Å². The van der Waals surface area contributed by atoms with E-state index < -0.39 is 4.92 Å². The molecule has 21 heavy (non-hydrogen) atoms. The van der Waals surface area contributed by atoms with Gasteiger partial charge in [-0.05, 0) is 20.8 Å². The molecule has 0 fully saturated rings. The number of aromatic nitrogens is 2. The molecule has 0 saturated carbocycles. The lowest BCUT2D eigenvalue weighted by Crippen LogP contribution is -2.35. The predicted octanol–water partition coefficient (Wildman–Crippen LogP) is 1.10. The molecule has 0 spiro atoms. The third kappa shape index (κ3) is 4.26. The van der Waals surface area contributed by atoms with Crippen LogP contribution in [0.5, 0.6) is 0 Å². The van der Waals surface area contributed by atoms with Crippen LogP contribution in [0.3, 0.4) is 0 Å². The monoisotopic (exact) mass is 296 g/mol. The number of carbonyl (C=O) groups excluding carboxylic acids is 1. The van der Waals surface area contributed by atoms with Crippen LogP contribution in [0.2, 0.25) is 0 Å². The lowest BCUT2D eigenvalue weighted by molar-refractivity contribution is -0.383. The highest BCUT2D eigenvalue weighted by Gasteiger charge is 2.23. The van der Waals surface area contributed by atoms with Gasteiger partial charge in [0.1, 0.15) is 6.33 Å². The molecule has 2 N–H and O–H groups in total. The molecule has 0 aliphatic rings. The van der Waals surface area contributed by atoms with E-state index >= 15 is 0 Å². The maximum Gasteiger partial charge on any atom is 0.353 e. The molecule has 1 aromatic heterocycles. The summed E-state index contributed by atoms with van der Waals surface area (Å²) in [6, 6.07) is 0. The number of nitrogens with zero attached hydrogens (tertiary/aromatic N) is 4. The molecule has 0 aliphatic carbocycles. The van der Waals surface area contributed by atoms with Gasteiger partial charge in [0, 0.05) is 19.6 Å². The normalized spacial score (nSPS) is 10.0. The summed E-state index contributed by atoms with van der Waals surface area (Å²) in [6.07, 6.45) is 1.22. The Morgan fingerprint density at radius 2 is 1.81 bits per heavy atom. The van der Waals surface area contributed by atoms with Gasteiger partial charge < -0.3 is 15.5 Å². The number of anilines is 2. The smallest absolute Gasteiger partial charge is 0.353 e. The lowest BCUT2D eigenvalue weighted by Gasteiger charge is -2.18. The third-order valence-corrected chi connectivity index (χ3v) is 2.87. The Hall–Kier alpha value is -2.45. The minimum absolute atomic E-state index is 0.0338. The van der Waals surface area contributed by atoms with Crippen LogP contribution >= 0.6 is 0 Å². The summed E-state index contributed by atoms with van der Waals surface area (Å²) in [5, 5.41) is 16.7. The van der Waals surface area contributed by atoms with Crippen molar-refractivity contribution in [1.29, 1.82) is 0 Å². The Morgan fingerprint density at radius 3 is 2.29 bits per heavy atom. The van der Waals surface area contributed by atoms with E-state index in [1.165, 1.54) is 6.33 Å². The molecule has 0 atom stereocenters. The molecule has 9 nitrogen and oxygen atoms in total. The fourth-order valence-electron chi connectivity index (χ4n) is 1.83. The summed E-state index contributed by atoms with van der Waals surface area (Å²) in [4.78, 5) is 31.8.